The molecule has 0 spiro atoms. The third-order valence-electron chi connectivity index (χ3n) is 8.53. The van der Waals surface area contributed by atoms with E-state index in [1.807, 2.05) is 18.2 Å². The van der Waals surface area contributed by atoms with E-state index in [1.54, 1.807) is 49.4 Å². The number of halogens is 2. The Morgan fingerprint density at radius 3 is 2.55 bits per heavy atom. The largest absolute Gasteiger partial charge is 0.454 e. The Kier molecular flexibility index (Phi) is 8.49. The van der Waals surface area contributed by atoms with Gasteiger partial charge in [0.1, 0.15) is 11.6 Å². The molecule has 1 aliphatic rings. The Balaban J connectivity index is 1.18. The number of ether oxygens (including phenoxy) is 2. The maximum absolute atomic E-state index is 14.2. The van der Waals surface area contributed by atoms with Crippen LogP contribution in [-0.4, -0.2) is 59.5 Å². The average Bonchev–Trinajstić information content (AvgIpc) is 3.71. The van der Waals surface area contributed by atoms with Gasteiger partial charge in [0.25, 0.3) is 5.12 Å². The zero-order valence-corrected chi connectivity index (χ0v) is 27.1. The molecule has 10 nitrogen and oxygen atoms in total. The SMILES string of the molecule is Cc1cc(Oc2cccc(F)c2F)ccc1-n1ncc(-c2ccccc2S(=O)(=O)C(=O)c2cc3c(CN4CCOCC4)cccc3[nH]2)c1N. The first-order valence-corrected chi connectivity index (χ1v) is 17.0. The van der Waals surface area contributed by atoms with Crippen molar-refractivity contribution in [2.24, 2.45) is 0 Å². The van der Waals surface area contributed by atoms with Crippen molar-refractivity contribution in [1.29, 1.82) is 0 Å². The number of sulfone groups is 1. The van der Waals surface area contributed by atoms with E-state index in [-0.39, 0.29) is 33.5 Å². The lowest BCUT2D eigenvalue weighted by Crippen LogP contribution is -2.35. The molecule has 0 amide bonds. The number of rotatable bonds is 8. The molecular formula is C36H31F2N5O5S. The lowest BCUT2D eigenvalue weighted by molar-refractivity contribution is 0.0344. The third kappa shape index (κ3) is 6.07. The predicted molar refractivity (Wildman–Crippen MR) is 180 cm³/mol. The molecular weight excluding hydrogens is 652 g/mol. The van der Waals surface area contributed by atoms with Crippen LogP contribution >= 0.6 is 0 Å². The van der Waals surface area contributed by atoms with Gasteiger partial charge in [-0.2, -0.15) is 9.49 Å². The van der Waals surface area contributed by atoms with Gasteiger partial charge in [-0.1, -0.05) is 36.4 Å². The number of nitrogens with one attached hydrogen (secondary N) is 1. The highest BCUT2D eigenvalue weighted by atomic mass is 32.2. The standard InChI is InChI=1S/C36H31F2N5O5S/c1-22-18-24(48-32-10-5-8-28(37)34(32)38)12-13-31(22)43-35(39)27(20-40-43)25-7-2-3-11-33(25)49(45,46)36(44)30-19-26-23(6-4-9-29(26)41-30)21-42-14-16-47-17-15-42/h2-13,18-20,41H,14-17,21,39H2,1H3. The highest BCUT2D eigenvalue weighted by Crippen LogP contribution is 2.36. The zero-order chi connectivity index (χ0) is 34.3. The molecule has 1 fully saturated rings. The molecule has 4 aromatic carbocycles. The fraction of sp³-hybridized carbons (Fsp3) is 0.167. The Hall–Kier alpha value is -5.37. The lowest BCUT2D eigenvalue weighted by Gasteiger charge is -2.26. The topological polar surface area (TPSA) is 133 Å². The van der Waals surface area contributed by atoms with Crippen LogP contribution in [0.5, 0.6) is 11.5 Å². The Bertz CT molecular complexity index is 2330. The molecule has 49 heavy (non-hydrogen) atoms. The van der Waals surface area contributed by atoms with Crippen molar-refractivity contribution in [3.63, 3.8) is 0 Å². The van der Waals surface area contributed by atoms with Crippen molar-refractivity contribution in [1.82, 2.24) is 19.7 Å². The van der Waals surface area contributed by atoms with Crippen LogP contribution < -0.4 is 10.5 Å². The molecule has 250 valence electrons. The molecule has 0 radical (unpaired) electrons. The van der Waals surface area contributed by atoms with Gasteiger partial charge in [0, 0.05) is 41.7 Å². The predicted octanol–water partition coefficient (Wildman–Crippen LogP) is 6.43. The fourth-order valence-electron chi connectivity index (χ4n) is 6.01. The monoisotopic (exact) mass is 683 g/mol. The number of morpholine rings is 1. The number of hydrogen-bond donors (Lipinski definition) is 2. The Morgan fingerprint density at radius 1 is 0.980 bits per heavy atom. The second-order valence-electron chi connectivity index (χ2n) is 11.7. The van der Waals surface area contributed by atoms with Crippen LogP contribution in [-0.2, 0) is 21.1 Å². The van der Waals surface area contributed by atoms with Gasteiger partial charge in [-0.25, -0.2) is 17.5 Å². The van der Waals surface area contributed by atoms with E-state index in [4.69, 9.17) is 15.2 Å². The molecule has 13 heteroatoms. The fourth-order valence-corrected chi connectivity index (χ4v) is 7.33. The van der Waals surface area contributed by atoms with Crippen LogP contribution in [0, 0.1) is 18.6 Å². The van der Waals surface area contributed by atoms with Gasteiger partial charge in [0.05, 0.1) is 35.7 Å². The van der Waals surface area contributed by atoms with Gasteiger partial charge in [-0.15, -0.1) is 0 Å². The molecule has 0 aliphatic carbocycles. The molecule has 0 saturated carbocycles. The maximum Gasteiger partial charge on any atom is 0.297 e. The van der Waals surface area contributed by atoms with Gasteiger partial charge in [-0.3, -0.25) is 9.69 Å². The first kappa shape index (κ1) is 32.2. The zero-order valence-electron chi connectivity index (χ0n) is 26.3. The van der Waals surface area contributed by atoms with E-state index in [0.29, 0.717) is 42.1 Å². The molecule has 1 saturated heterocycles. The number of aryl methyl sites for hydroxylation is 1. The van der Waals surface area contributed by atoms with Gasteiger partial charge < -0.3 is 20.2 Å². The van der Waals surface area contributed by atoms with Gasteiger partial charge >= 0.3 is 0 Å². The molecule has 7 rings (SSSR count). The van der Waals surface area contributed by atoms with Crippen LogP contribution in [0.4, 0.5) is 14.6 Å². The van der Waals surface area contributed by atoms with Crippen LogP contribution in [0.3, 0.4) is 0 Å². The summed E-state index contributed by atoms with van der Waals surface area (Å²) in [4.78, 5) is 18.8. The molecule has 1 aliphatic heterocycles. The first-order chi connectivity index (χ1) is 23.6. The van der Waals surface area contributed by atoms with E-state index >= 15 is 0 Å². The summed E-state index contributed by atoms with van der Waals surface area (Å²) in [7, 11) is -4.54. The highest BCUT2D eigenvalue weighted by molar-refractivity contribution is 8.06. The summed E-state index contributed by atoms with van der Waals surface area (Å²) < 4.78 is 68.2. The van der Waals surface area contributed by atoms with Crippen molar-refractivity contribution < 1.29 is 31.5 Å². The van der Waals surface area contributed by atoms with Crippen LogP contribution in [0.1, 0.15) is 21.6 Å². The van der Waals surface area contributed by atoms with Crippen molar-refractivity contribution in [3.8, 4) is 28.3 Å². The summed E-state index contributed by atoms with van der Waals surface area (Å²) >= 11 is 0. The number of nitrogens with two attached hydrogens (primary N) is 1. The second kappa shape index (κ2) is 12.9. The number of aromatic amines is 1. The smallest absolute Gasteiger partial charge is 0.297 e. The average molecular weight is 684 g/mol. The molecule has 0 atom stereocenters. The number of carbonyl (C=O) groups excluding carboxylic acids is 1. The van der Waals surface area contributed by atoms with E-state index in [0.717, 1.165) is 30.1 Å². The number of benzene rings is 4. The number of hydrogen-bond acceptors (Lipinski definition) is 8. The molecule has 3 N–H and O–H groups in total. The summed E-state index contributed by atoms with van der Waals surface area (Å²) in [6.07, 6.45) is 1.43. The third-order valence-corrected chi connectivity index (χ3v) is 10.2. The molecule has 2 aromatic heterocycles. The van der Waals surface area contributed by atoms with Crippen LogP contribution in [0.15, 0.2) is 96.0 Å². The van der Waals surface area contributed by atoms with E-state index in [1.165, 1.54) is 29.1 Å². The number of H-pyrrole nitrogens is 1. The van der Waals surface area contributed by atoms with E-state index < -0.39 is 26.6 Å². The summed E-state index contributed by atoms with van der Waals surface area (Å²) in [6.45, 7) is 5.27. The molecule has 0 unspecified atom stereocenters. The summed E-state index contributed by atoms with van der Waals surface area (Å²) in [6, 6.07) is 21.9. The number of nitrogens with zero attached hydrogens (tertiary/aromatic N) is 3. The van der Waals surface area contributed by atoms with Crippen molar-refractivity contribution in [2.45, 2.75) is 18.4 Å². The first-order valence-electron chi connectivity index (χ1n) is 15.5. The number of aromatic nitrogens is 3. The quantitative estimate of drug-likeness (QED) is 0.188. The minimum atomic E-state index is -4.54. The van der Waals surface area contributed by atoms with Crippen LogP contribution in [0.2, 0.25) is 0 Å². The second-order valence-corrected chi connectivity index (χ2v) is 13.5. The summed E-state index contributed by atoms with van der Waals surface area (Å²) in [5.41, 5.74) is 9.85. The van der Waals surface area contributed by atoms with E-state index in [2.05, 4.69) is 15.0 Å². The van der Waals surface area contributed by atoms with Crippen molar-refractivity contribution in [2.75, 3.05) is 32.0 Å². The normalized spacial score (nSPS) is 13.9. The van der Waals surface area contributed by atoms with Gasteiger partial charge in [0.2, 0.25) is 15.7 Å². The highest BCUT2D eigenvalue weighted by Gasteiger charge is 2.32. The minimum Gasteiger partial charge on any atom is -0.454 e. The number of fused-ring (bicyclic) bond motifs is 1. The van der Waals surface area contributed by atoms with Crippen molar-refractivity contribution in [3.05, 3.63) is 120 Å². The Labute approximate surface area is 280 Å². The molecule has 3 heterocycles. The summed E-state index contributed by atoms with van der Waals surface area (Å²) in [5, 5.41) is 4.13. The van der Waals surface area contributed by atoms with Gasteiger partial charge in [-0.05, 0) is 66.6 Å². The molecule has 6 aromatic rings. The van der Waals surface area contributed by atoms with Crippen molar-refractivity contribution >= 4 is 31.7 Å². The number of carbonyl (C=O) groups is 1. The Morgan fingerprint density at radius 2 is 1.76 bits per heavy atom. The van der Waals surface area contributed by atoms with E-state index in [9.17, 15) is 22.0 Å². The van der Waals surface area contributed by atoms with Gasteiger partial charge in [0.15, 0.2) is 11.6 Å². The van der Waals surface area contributed by atoms with Crippen LogP contribution in [0.25, 0.3) is 27.7 Å². The molecule has 0 bridgehead atoms. The minimum absolute atomic E-state index is 0.0426. The summed E-state index contributed by atoms with van der Waals surface area (Å²) in [5.74, 6) is -2.00. The number of anilines is 1. The lowest BCUT2D eigenvalue weighted by atomic mass is 10.1. The maximum atomic E-state index is 14.2. The number of nitrogen functional groups attached to an aromatic ring is 1.